The first kappa shape index (κ1) is 31.9. The van der Waals surface area contributed by atoms with E-state index in [0.717, 1.165) is 30.9 Å². The van der Waals surface area contributed by atoms with E-state index in [-0.39, 0.29) is 41.4 Å². The van der Waals surface area contributed by atoms with Gasteiger partial charge < -0.3 is 19.8 Å². The molecule has 1 aromatic heterocycles. The first-order valence-corrected chi connectivity index (χ1v) is 13.7. The topological polar surface area (TPSA) is 77.0 Å². The minimum Gasteiger partial charge on any atom is -0.369 e. The van der Waals surface area contributed by atoms with Crippen molar-refractivity contribution in [2.45, 2.75) is 37.2 Å². The largest absolute Gasteiger partial charge is 0.430 e. The number of amides is 2. The molecule has 1 aliphatic carbocycles. The minimum atomic E-state index is -5.55. The highest BCUT2D eigenvalue weighted by Gasteiger charge is 2.62. The molecule has 7 nitrogen and oxygen atoms in total. The van der Waals surface area contributed by atoms with Gasteiger partial charge in [-0.3, -0.25) is 9.59 Å². The molecule has 2 heterocycles. The Balaban J connectivity index is 1.37. The van der Waals surface area contributed by atoms with E-state index in [9.17, 15) is 41.0 Å². The summed E-state index contributed by atoms with van der Waals surface area (Å²) in [6.45, 7) is 1.23. The predicted molar refractivity (Wildman–Crippen MR) is 143 cm³/mol. The minimum absolute atomic E-state index is 0.0698. The summed E-state index contributed by atoms with van der Waals surface area (Å²) in [6, 6.07) is 5.48. The number of carbonyl (C=O) groups is 2. The molecule has 1 N–H and O–H groups in total. The zero-order chi connectivity index (χ0) is 31.2. The molecule has 0 radical (unpaired) electrons. The number of aliphatic hydroxyl groups is 1. The lowest BCUT2D eigenvalue weighted by Gasteiger charge is -2.34. The first-order chi connectivity index (χ1) is 19.4. The van der Waals surface area contributed by atoms with Gasteiger partial charge in [0, 0.05) is 46.3 Å². The van der Waals surface area contributed by atoms with Crippen LogP contribution in [0.2, 0.25) is 5.15 Å². The van der Waals surface area contributed by atoms with Crippen LogP contribution in [-0.4, -0.2) is 78.7 Å². The summed E-state index contributed by atoms with van der Waals surface area (Å²) in [6.07, 6.45) is -8.28. The van der Waals surface area contributed by atoms with Crippen molar-refractivity contribution >= 4 is 29.2 Å². The number of halogens is 7. The zero-order valence-electron chi connectivity index (χ0n) is 23.1. The fraction of sp³-hybridized carbons (Fsp3) is 0.536. The number of piperidine rings is 1. The van der Waals surface area contributed by atoms with Crippen LogP contribution in [0.15, 0.2) is 36.4 Å². The van der Waals surface area contributed by atoms with Gasteiger partial charge in [0.1, 0.15) is 11.0 Å². The second-order valence-electron chi connectivity index (χ2n) is 11.2. The Hall–Kier alpha value is -3.06. The van der Waals surface area contributed by atoms with Crippen molar-refractivity contribution in [3.63, 3.8) is 0 Å². The summed E-state index contributed by atoms with van der Waals surface area (Å²) in [5.74, 6) is -1.04. The van der Waals surface area contributed by atoms with Crippen LogP contribution in [0.5, 0.6) is 0 Å². The number of rotatable bonds is 7. The Morgan fingerprint density at radius 2 is 1.64 bits per heavy atom. The maximum atomic E-state index is 14.0. The van der Waals surface area contributed by atoms with E-state index in [1.807, 2.05) is 4.90 Å². The number of alkyl halides is 6. The molecule has 1 saturated heterocycles. The van der Waals surface area contributed by atoms with Gasteiger partial charge in [-0.05, 0) is 61.3 Å². The normalized spacial score (nSPS) is 21.1. The van der Waals surface area contributed by atoms with Gasteiger partial charge in [0.15, 0.2) is 0 Å². The van der Waals surface area contributed by atoms with Crippen LogP contribution in [0, 0.1) is 17.8 Å². The maximum absolute atomic E-state index is 14.0. The molecular weight excluding hydrogens is 590 g/mol. The molecule has 3 atom stereocenters. The standard InChI is InChI=1S/C28H31ClF6N4O3/c1-37(2)24(40)20-7-8-22(36-23(20)29)39-11-9-16(10-12-39)21-13-17(21)15-38(3)25(41)26(42,28(33,34)35)18-5-4-6-19(14-18)27(30,31)32/h4-8,14,16-17,21,42H,9-13,15H2,1-3H3/t17?,21?,26-/m1/s1. The number of nitrogens with zero attached hydrogens (tertiary/aromatic N) is 4. The van der Waals surface area contributed by atoms with Gasteiger partial charge in [-0.1, -0.05) is 23.7 Å². The van der Waals surface area contributed by atoms with Crippen molar-refractivity contribution < 1.29 is 41.0 Å². The highest BCUT2D eigenvalue weighted by atomic mass is 35.5. The van der Waals surface area contributed by atoms with Gasteiger partial charge in [0.2, 0.25) is 0 Å². The average molecular weight is 621 g/mol. The third kappa shape index (κ3) is 6.31. The number of hydrogen-bond acceptors (Lipinski definition) is 5. The molecule has 2 aliphatic rings. The third-order valence-electron chi connectivity index (χ3n) is 8.10. The fourth-order valence-electron chi connectivity index (χ4n) is 5.66. The quantitative estimate of drug-likeness (QED) is 0.340. The van der Waals surface area contributed by atoms with E-state index < -0.39 is 35.0 Å². The molecule has 14 heteroatoms. The molecule has 1 aliphatic heterocycles. The molecule has 0 spiro atoms. The van der Waals surface area contributed by atoms with Crippen molar-refractivity contribution in [1.82, 2.24) is 14.8 Å². The van der Waals surface area contributed by atoms with Crippen LogP contribution in [0.25, 0.3) is 0 Å². The first-order valence-electron chi connectivity index (χ1n) is 13.3. The molecule has 2 fully saturated rings. The summed E-state index contributed by atoms with van der Waals surface area (Å²) in [5, 5.41) is 10.7. The molecule has 4 rings (SSSR count). The fourth-order valence-corrected chi connectivity index (χ4v) is 5.89. The Bertz CT molecular complexity index is 1330. The maximum Gasteiger partial charge on any atom is 0.430 e. The second kappa shape index (κ2) is 11.6. The smallest absolute Gasteiger partial charge is 0.369 e. The highest BCUT2D eigenvalue weighted by molar-refractivity contribution is 6.32. The summed E-state index contributed by atoms with van der Waals surface area (Å²) in [7, 11) is 4.34. The Kier molecular flexibility index (Phi) is 8.77. The van der Waals surface area contributed by atoms with Crippen molar-refractivity contribution in [1.29, 1.82) is 0 Å². The van der Waals surface area contributed by atoms with Crippen molar-refractivity contribution in [3.05, 3.63) is 58.2 Å². The third-order valence-corrected chi connectivity index (χ3v) is 8.39. The lowest BCUT2D eigenvalue weighted by molar-refractivity contribution is -0.261. The van der Waals surface area contributed by atoms with Crippen molar-refractivity contribution in [2.75, 3.05) is 45.7 Å². The van der Waals surface area contributed by atoms with Crippen LogP contribution in [-0.2, 0) is 16.6 Å². The Labute approximate surface area is 244 Å². The van der Waals surface area contributed by atoms with Crippen LogP contribution in [0.4, 0.5) is 32.2 Å². The van der Waals surface area contributed by atoms with E-state index in [0.29, 0.717) is 43.0 Å². The van der Waals surface area contributed by atoms with E-state index in [1.54, 1.807) is 26.2 Å². The van der Waals surface area contributed by atoms with E-state index in [2.05, 4.69) is 4.98 Å². The van der Waals surface area contributed by atoms with Gasteiger partial charge in [-0.25, -0.2) is 4.98 Å². The molecule has 2 unspecified atom stereocenters. The summed E-state index contributed by atoms with van der Waals surface area (Å²) >= 11 is 6.24. The molecule has 230 valence electrons. The van der Waals surface area contributed by atoms with Crippen molar-refractivity contribution in [3.8, 4) is 0 Å². The molecule has 1 saturated carbocycles. The molecule has 1 aromatic carbocycles. The van der Waals surface area contributed by atoms with E-state index in [1.165, 1.54) is 4.90 Å². The SMILES string of the molecule is CN(C)C(=O)c1ccc(N2CCC(C3CC3CN(C)C(=O)[C@](O)(c3cccc(C(F)(F)F)c3)C(F)(F)F)CC2)nc1Cl. The van der Waals surface area contributed by atoms with Gasteiger partial charge in [-0.15, -0.1) is 0 Å². The number of hydrogen-bond donors (Lipinski definition) is 1. The van der Waals surface area contributed by atoms with E-state index >= 15 is 0 Å². The highest BCUT2D eigenvalue weighted by Crippen LogP contribution is 2.49. The molecule has 2 aromatic rings. The van der Waals surface area contributed by atoms with Crippen LogP contribution < -0.4 is 4.90 Å². The Morgan fingerprint density at radius 3 is 2.19 bits per heavy atom. The van der Waals surface area contributed by atoms with Crippen LogP contribution in [0.3, 0.4) is 0 Å². The molecule has 42 heavy (non-hydrogen) atoms. The van der Waals surface area contributed by atoms with E-state index in [4.69, 9.17) is 11.6 Å². The van der Waals surface area contributed by atoms with Crippen molar-refractivity contribution in [2.24, 2.45) is 17.8 Å². The number of aromatic nitrogens is 1. The Morgan fingerprint density at radius 1 is 1.02 bits per heavy atom. The number of likely N-dealkylation sites (N-methyl/N-ethyl adjacent to an activating group) is 1. The summed E-state index contributed by atoms with van der Waals surface area (Å²) in [4.78, 5) is 33.8. The molecular formula is C28H31ClF6N4O3. The molecule has 0 bridgehead atoms. The van der Waals surface area contributed by atoms with Crippen LogP contribution >= 0.6 is 11.6 Å². The van der Waals surface area contributed by atoms with Gasteiger partial charge in [-0.2, -0.15) is 26.3 Å². The second-order valence-corrected chi connectivity index (χ2v) is 11.5. The zero-order valence-corrected chi connectivity index (χ0v) is 23.9. The number of pyridine rings is 1. The lowest BCUT2D eigenvalue weighted by atomic mass is 9.89. The monoisotopic (exact) mass is 620 g/mol. The van der Waals surface area contributed by atoms with Gasteiger partial charge in [0.05, 0.1) is 11.1 Å². The van der Waals surface area contributed by atoms with Crippen LogP contribution in [0.1, 0.15) is 40.7 Å². The predicted octanol–water partition coefficient (Wildman–Crippen LogP) is 5.22. The number of benzene rings is 1. The summed E-state index contributed by atoms with van der Waals surface area (Å²) < 4.78 is 81.5. The number of carbonyl (C=O) groups excluding carboxylic acids is 2. The average Bonchev–Trinajstić information content (AvgIpc) is 3.69. The molecule has 2 amide bonds. The number of anilines is 1. The van der Waals surface area contributed by atoms with Gasteiger partial charge >= 0.3 is 12.4 Å². The summed E-state index contributed by atoms with van der Waals surface area (Å²) in [5.41, 5.74) is -6.42. The van der Waals surface area contributed by atoms with Gasteiger partial charge in [0.25, 0.3) is 17.4 Å². The lowest BCUT2D eigenvalue weighted by Crippen LogP contribution is -2.55.